The highest BCUT2D eigenvalue weighted by Crippen LogP contribution is 2.61. The Morgan fingerprint density at radius 1 is 0.683 bits per heavy atom. The maximum Gasteiger partial charge on any atom is 0.117 e. The number of fused-ring (bicyclic) bond motifs is 8. The molecule has 0 saturated carbocycles. The van der Waals surface area contributed by atoms with E-state index in [2.05, 4.69) is 130 Å². The number of aryl methyl sites for hydroxylation is 2. The molecule has 9 rings (SSSR count). The van der Waals surface area contributed by atoms with Crippen molar-refractivity contribution in [2.75, 3.05) is 0 Å². The van der Waals surface area contributed by atoms with Crippen LogP contribution in [0, 0.1) is 13.8 Å². The average Bonchev–Trinajstić information content (AvgIpc) is 3.45. The molecule has 3 aliphatic rings. The number of nitrogens with zero attached hydrogens (tertiary/aromatic N) is 1. The minimum absolute atomic E-state index is 0.341. The molecular formula is C39H35NSi. The predicted molar refractivity (Wildman–Crippen MR) is 177 cm³/mol. The SMILES string of the molecule is CCC(C)c1cc2c3c(c1)[Si](C)(C)c1cc(C)cc4c5cc(C)cc(c5n-3c14)C21c2ccccc2-c2ccccc21. The van der Waals surface area contributed by atoms with E-state index in [9.17, 15) is 0 Å². The van der Waals surface area contributed by atoms with Gasteiger partial charge in [-0.2, -0.15) is 0 Å². The van der Waals surface area contributed by atoms with Crippen LogP contribution in [0.4, 0.5) is 0 Å². The fourth-order valence-electron chi connectivity index (χ4n) is 8.83. The summed E-state index contributed by atoms with van der Waals surface area (Å²) in [7, 11) is -2.03. The second-order valence-corrected chi connectivity index (χ2v) is 17.8. The van der Waals surface area contributed by atoms with Gasteiger partial charge in [0.1, 0.15) is 8.07 Å². The Kier molecular flexibility index (Phi) is 4.34. The third kappa shape index (κ3) is 2.56. The largest absolute Gasteiger partial charge is 0.309 e. The molecule has 1 aliphatic carbocycles. The van der Waals surface area contributed by atoms with E-state index in [1.54, 1.807) is 10.4 Å². The van der Waals surface area contributed by atoms with E-state index in [-0.39, 0.29) is 5.41 Å². The van der Waals surface area contributed by atoms with Crippen LogP contribution in [0.3, 0.4) is 0 Å². The van der Waals surface area contributed by atoms with Crippen molar-refractivity contribution in [1.29, 1.82) is 0 Å². The summed E-state index contributed by atoms with van der Waals surface area (Å²) in [6, 6.07) is 33.7. The molecule has 5 aromatic carbocycles. The number of rotatable bonds is 2. The Balaban J connectivity index is 1.64. The van der Waals surface area contributed by atoms with Gasteiger partial charge in [-0.3, -0.25) is 0 Å². The zero-order chi connectivity index (χ0) is 28.0. The normalized spacial score (nSPS) is 16.9. The third-order valence-electron chi connectivity index (χ3n) is 10.9. The molecule has 41 heavy (non-hydrogen) atoms. The van der Waals surface area contributed by atoms with E-state index in [0.717, 1.165) is 6.42 Å². The predicted octanol–water partition coefficient (Wildman–Crippen LogP) is 8.73. The van der Waals surface area contributed by atoms with Crippen molar-refractivity contribution >= 4 is 40.3 Å². The molecule has 1 spiro atoms. The van der Waals surface area contributed by atoms with Gasteiger partial charge in [-0.1, -0.05) is 111 Å². The Labute approximate surface area is 243 Å². The summed E-state index contributed by atoms with van der Waals surface area (Å²) >= 11 is 0. The third-order valence-corrected chi connectivity index (χ3v) is 14.3. The van der Waals surface area contributed by atoms with Crippen LogP contribution < -0.4 is 10.4 Å². The van der Waals surface area contributed by atoms with Crippen LogP contribution in [0.5, 0.6) is 0 Å². The molecule has 2 aliphatic heterocycles. The first-order valence-electron chi connectivity index (χ1n) is 15.3. The highest BCUT2D eigenvalue weighted by Gasteiger charge is 2.53. The maximum absolute atomic E-state index is 2.71. The monoisotopic (exact) mass is 545 g/mol. The summed E-state index contributed by atoms with van der Waals surface area (Å²) in [5.41, 5.74) is 16.8. The first kappa shape index (κ1) is 23.8. The van der Waals surface area contributed by atoms with Crippen LogP contribution in [-0.4, -0.2) is 12.6 Å². The summed E-state index contributed by atoms with van der Waals surface area (Å²) in [6.07, 6.45) is 1.14. The van der Waals surface area contributed by atoms with Crippen molar-refractivity contribution < 1.29 is 0 Å². The Morgan fingerprint density at radius 3 is 1.95 bits per heavy atom. The molecule has 1 nitrogen and oxygen atoms in total. The second-order valence-electron chi connectivity index (χ2n) is 13.5. The Bertz CT molecular complexity index is 2110. The van der Waals surface area contributed by atoms with Gasteiger partial charge in [0.2, 0.25) is 0 Å². The molecule has 2 heteroatoms. The fourth-order valence-corrected chi connectivity index (χ4v) is 11.9. The average molecular weight is 546 g/mol. The molecule has 3 heterocycles. The van der Waals surface area contributed by atoms with Crippen molar-refractivity contribution in [3.8, 4) is 16.8 Å². The van der Waals surface area contributed by atoms with Gasteiger partial charge in [-0.15, -0.1) is 0 Å². The summed E-state index contributed by atoms with van der Waals surface area (Å²) in [5, 5.41) is 6.04. The quantitative estimate of drug-likeness (QED) is 0.191. The van der Waals surface area contributed by atoms with Gasteiger partial charge in [0.15, 0.2) is 0 Å². The minimum atomic E-state index is -2.03. The van der Waals surface area contributed by atoms with Gasteiger partial charge in [0, 0.05) is 10.8 Å². The number of benzene rings is 5. The summed E-state index contributed by atoms with van der Waals surface area (Å²) < 4.78 is 2.71. The van der Waals surface area contributed by atoms with Crippen LogP contribution in [0.15, 0.2) is 84.9 Å². The fraction of sp³-hybridized carbons (Fsp3) is 0.231. The molecule has 0 bridgehead atoms. The van der Waals surface area contributed by atoms with Crippen molar-refractivity contribution in [2.24, 2.45) is 0 Å². The van der Waals surface area contributed by atoms with E-state index < -0.39 is 8.07 Å². The second kappa shape index (κ2) is 7.49. The van der Waals surface area contributed by atoms with Crippen LogP contribution in [0.2, 0.25) is 13.1 Å². The molecule has 0 saturated heterocycles. The maximum atomic E-state index is 2.71. The molecule has 0 N–H and O–H groups in total. The van der Waals surface area contributed by atoms with Crippen molar-refractivity contribution in [3.05, 3.63) is 124 Å². The summed E-state index contributed by atoms with van der Waals surface area (Å²) in [6.45, 7) is 14.5. The smallest absolute Gasteiger partial charge is 0.117 e. The first-order chi connectivity index (χ1) is 19.8. The number of hydrogen-bond donors (Lipinski definition) is 0. The molecule has 1 atom stereocenters. The molecule has 200 valence electrons. The zero-order valence-electron chi connectivity index (χ0n) is 24.8. The van der Waals surface area contributed by atoms with Crippen LogP contribution in [-0.2, 0) is 5.41 Å². The molecule has 6 aromatic rings. The van der Waals surface area contributed by atoms with Crippen molar-refractivity contribution in [3.63, 3.8) is 0 Å². The highest BCUT2D eigenvalue weighted by atomic mass is 28.3. The van der Waals surface area contributed by atoms with E-state index in [4.69, 9.17) is 0 Å². The van der Waals surface area contributed by atoms with Gasteiger partial charge in [0.05, 0.1) is 22.1 Å². The molecular weight excluding hydrogens is 511 g/mol. The topological polar surface area (TPSA) is 4.93 Å². The van der Waals surface area contributed by atoms with E-state index in [1.165, 1.54) is 77.6 Å². The van der Waals surface area contributed by atoms with Gasteiger partial charge in [-0.05, 0) is 87.6 Å². The lowest BCUT2D eigenvalue weighted by molar-refractivity contribution is 0.714. The standard InChI is InChI=1S/C39H35NSi/c1-7-24(4)25-20-33-38-35(21-25)41(5,6)34-19-23(3)17-29-28-16-22(2)18-32(36(28)40(38)37(29)34)39(33)30-14-10-8-12-26(30)27-13-9-11-15-31(27)39/h8-21,24H,7H2,1-6H3. The van der Waals surface area contributed by atoms with Gasteiger partial charge >= 0.3 is 0 Å². The Hall–Kier alpha value is -3.88. The molecule has 0 amide bonds. The summed E-state index contributed by atoms with van der Waals surface area (Å²) in [4.78, 5) is 0. The van der Waals surface area contributed by atoms with E-state index >= 15 is 0 Å². The van der Waals surface area contributed by atoms with Crippen molar-refractivity contribution in [1.82, 2.24) is 4.57 Å². The molecule has 1 unspecified atom stereocenters. The van der Waals surface area contributed by atoms with Crippen LogP contribution in [0.1, 0.15) is 65.1 Å². The first-order valence-corrected chi connectivity index (χ1v) is 18.3. The summed E-state index contributed by atoms with van der Waals surface area (Å²) in [5.74, 6) is 0.507. The van der Waals surface area contributed by atoms with Crippen molar-refractivity contribution in [2.45, 2.75) is 58.5 Å². The van der Waals surface area contributed by atoms with E-state index in [0.29, 0.717) is 5.92 Å². The number of hydrogen-bond acceptors (Lipinski definition) is 0. The molecule has 0 radical (unpaired) electrons. The van der Waals surface area contributed by atoms with Gasteiger partial charge in [0.25, 0.3) is 0 Å². The van der Waals surface area contributed by atoms with Gasteiger partial charge in [-0.25, -0.2) is 0 Å². The van der Waals surface area contributed by atoms with E-state index in [1.807, 2.05) is 0 Å². The molecule has 1 aromatic heterocycles. The highest BCUT2D eigenvalue weighted by molar-refractivity contribution is 7.02. The lowest BCUT2D eigenvalue weighted by atomic mass is 9.64. The lowest BCUT2D eigenvalue weighted by Crippen LogP contribution is -2.58. The number of aromatic nitrogens is 1. The van der Waals surface area contributed by atoms with Crippen LogP contribution >= 0.6 is 0 Å². The Morgan fingerprint density at radius 2 is 1.29 bits per heavy atom. The lowest BCUT2D eigenvalue weighted by Gasteiger charge is -2.44. The zero-order valence-corrected chi connectivity index (χ0v) is 25.8. The van der Waals surface area contributed by atoms with Crippen LogP contribution in [0.25, 0.3) is 38.6 Å². The minimum Gasteiger partial charge on any atom is -0.309 e. The molecule has 0 fully saturated rings. The van der Waals surface area contributed by atoms with Gasteiger partial charge < -0.3 is 4.57 Å².